The predicted molar refractivity (Wildman–Crippen MR) is 61.2 cm³/mol. The Morgan fingerprint density at radius 2 is 2.31 bits per heavy atom. The second kappa shape index (κ2) is 6.33. The number of pyridine rings is 1. The van der Waals surface area contributed by atoms with Crippen molar-refractivity contribution < 1.29 is 14.6 Å². The topological polar surface area (TPSA) is 59.4 Å². The van der Waals surface area contributed by atoms with Gasteiger partial charge in [0.15, 0.2) is 0 Å². The molecule has 0 saturated carbocycles. The first kappa shape index (κ1) is 12.8. The van der Waals surface area contributed by atoms with Crippen molar-refractivity contribution >= 4 is 17.6 Å². The Balaban J connectivity index is 2.66. The number of carbonyl (C=O) groups is 1. The van der Waals surface area contributed by atoms with E-state index in [1.54, 1.807) is 0 Å². The molecule has 1 N–H and O–H groups in total. The Bertz CT molecular complexity index is 368. The van der Waals surface area contributed by atoms with Gasteiger partial charge in [-0.25, -0.2) is 9.78 Å². The summed E-state index contributed by atoms with van der Waals surface area (Å²) in [5.41, 5.74) is 0.0159. The molecule has 1 aromatic heterocycles. The van der Waals surface area contributed by atoms with Crippen LogP contribution in [0, 0.1) is 0 Å². The molecule has 4 nitrogen and oxygen atoms in total. The number of aromatic carboxylic acids is 1. The summed E-state index contributed by atoms with van der Waals surface area (Å²) in [5, 5.41) is 8.89. The maximum atomic E-state index is 10.8. The number of halogens is 1. The fourth-order valence-corrected chi connectivity index (χ4v) is 1.46. The van der Waals surface area contributed by atoms with Crippen LogP contribution in [0.4, 0.5) is 0 Å². The van der Waals surface area contributed by atoms with Crippen LogP contribution >= 0.6 is 11.6 Å². The maximum absolute atomic E-state index is 10.8. The van der Waals surface area contributed by atoms with Crippen molar-refractivity contribution in [3.05, 3.63) is 22.8 Å². The number of carboxylic acid groups (broad SMARTS) is 1. The molecular weight excluding hydrogens is 230 g/mol. The standard InChI is InChI=1S/C11H14ClNO3/c1-2-3-4-7-16-10-9(12)8(11(14)15)5-6-13-10/h5-6H,2-4,7H2,1H3,(H,14,15). The summed E-state index contributed by atoms with van der Waals surface area (Å²) in [4.78, 5) is 14.7. The van der Waals surface area contributed by atoms with E-state index in [2.05, 4.69) is 11.9 Å². The number of carboxylic acids is 1. The Kier molecular flexibility index (Phi) is 5.05. The van der Waals surface area contributed by atoms with Gasteiger partial charge in [0.1, 0.15) is 5.02 Å². The minimum Gasteiger partial charge on any atom is -0.478 e. The van der Waals surface area contributed by atoms with E-state index in [-0.39, 0.29) is 16.5 Å². The zero-order chi connectivity index (χ0) is 12.0. The van der Waals surface area contributed by atoms with Crippen molar-refractivity contribution in [1.29, 1.82) is 0 Å². The molecule has 16 heavy (non-hydrogen) atoms. The third-order valence-corrected chi connectivity index (χ3v) is 2.44. The SMILES string of the molecule is CCCCCOc1nccc(C(=O)O)c1Cl. The highest BCUT2D eigenvalue weighted by atomic mass is 35.5. The summed E-state index contributed by atoms with van der Waals surface area (Å²) < 4.78 is 5.32. The molecule has 0 aromatic carbocycles. The lowest BCUT2D eigenvalue weighted by atomic mass is 10.2. The normalized spacial score (nSPS) is 10.1. The molecular formula is C11H14ClNO3. The van der Waals surface area contributed by atoms with Gasteiger partial charge in [-0.3, -0.25) is 0 Å². The molecule has 0 spiro atoms. The average molecular weight is 244 g/mol. The van der Waals surface area contributed by atoms with E-state index in [1.807, 2.05) is 0 Å². The minimum absolute atomic E-state index is 0.0159. The van der Waals surface area contributed by atoms with Crippen molar-refractivity contribution in [3.8, 4) is 5.88 Å². The van der Waals surface area contributed by atoms with Gasteiger partial charge in [-0.15, -0.1) is 0 Å². The number of ether oxygens (including phenoxy) is 1. The second-order valence-electron chi connectivity index (χ2n) is 3.34. The molecule has 0 radical (unpaired) electrons. The summed E-state index contributed by atoms with van der Waals surface area (Å²) in [7, 11) is 0. The van der Waals surface area contributed by atoms with Gasteiger partial charge in [0.05, 0.1) is 12.2 Å². The molecule has 1 heterocycles. The molecule has 5 heteroatoms. The third-order valence-electron chi connectivity index (χ3n) is 2.07. The quantitative estimate of drug-likeness (QED) is 0.781. The van der Waals surface area contributed by atoms with E-state index < -0.39 is 5.97 Å². The van der Waals surface area contributed by atoms with Gasteiger partial charge in [0.2, 0.25) is 5.88 Å². The molecule has 0 aliphatic heterocycles. The van der Waals surface area contributed by atoms with Crippen LogP contribution in [0.5, 0.6) is 5.88 Å². The largest absolute Gasteiger partial charge is 0.478 e. The van der Waals surface area contributed by atoms with Crippen LogP contribution in [0.1, 0.15) is 36.5 Å². The first-order chi connectivity index (χ1) is 7.66. The fraction of sp³-hybridized carbons (Fsp3) is 0.455. The molecule has 0 aliphatic carbocycles. The molecule has 0 aliphatic rings. The summed E-state index contributed by atoms with van der Waals surface area (Å²) in [5.74, 6) is -0.886. The van der Waals surface area contributed by atoms with Gasteiger partial charge < -0.3 is 9.84 Å². The van der Waals surface area contributed by atoms with Gasteiger partial charge in [0.25, 0.3) is 0 Å². The van der Waals surface area contributed by atoms with Crippen LogP contribution in [0.15, 0.2) is 12.3 Å². The van der Waals surface area contributed by atoms with Gasteiger partial charge in [-0.1, -0.05) is 31.4 Å². The van der Waals surface area contributed by atoms with Crippen LogP contribution in [0.3, 0.4) is 0 Å². The molecule has 0 amide bonds. The lowest BCUT2D eigenvalue weighted by Gasteiger charge is -2.07. The zero-order valence-corrected chi connectivity index (χ0v) is 9.83. The minimum atomic E-state index is -1.08. The van der Waals surface area contributed by atoms with E-state index in [4.69, 9.17) is 21.4 Å². The molecule has 0 bridgehead atoms. The highest BCUT2D eigenvalue weighted by Crippen LogP contribution is 2.25. The lowest BCUT2D eigenvalue weighted by molar-refractivity contribution is 0.0696. The van der Waals surface area contributed by atoms with E-state index in [1.165, 1.54) is 12.3 Å². The molecule has 0 fully saturated rings. The van der Waals surface area contributed by atoms with Crippen molar-refractivity contribution in [1.82, 2.24) is 4.98 Å². The van der Waals surface area contributed by atoms with Crippen molar-refractivity contribution in [2.24, 2.45) is 0 Å². The number of hydrogen-bond donors (Lipinski definition) is 1. The summed E-state index contributed by atoms with van der Waals surface area (Å²) in [6, 6.07) is 1.35. The van der Waals surface area contributed by atoms with Gasteiger partial charge in [-0.2, -0.15) is 0 Å². The first-order valence-corrected chi connectivity index (χ1v) is 5.55. The van der Waals surface area contributed by atoms with E-state index in [9.17, 15) is 4.79 Å². The number of hydrogen-bond acceptors (Lipinski definition) is 3. The van der Waals surface area contributed by atoms with Crippen LogP contribution in [-0.2, 0) is 0 Å². The summed E-state index contributed by atoms with van der Waals surface area (Å²) >= 11 is 5.85. The van der Waals surface area contributed by atoms with E-state index in [0.717, 1.165) is 19.3 Å². The molecule has 1 aromatic rings. The third kappa shape index (κ3) is 3.38. The Labute approximate surface area is 99.2 Å². The highest BCUT2D eigenvalue weighted by molar-refractivity contribution is 6.34. The summed E-state index contributed by atoms with van der Waals surface area (Å²) in [6.45, 7) is 2.60. The molecule has 1 rings (SSSR count). The first-order valence-electron chi connectivity index (χ1n) is 5.17. The Hall–Kier alpha value is -1.29. The van der Waals surface area contributed by atoms with Gasteiger partial charge in [-0.05, 0) is 12.5 Å². The number of rotatable bonds is 6. The zero-order valence-electron chi connectivity index (χ0n) is 9.07. The maximum Gasteiger partial charge on any atom is 0.337 e. The van der Waals surface area contributed by atoms with E-state index in [0.29, 0.717) is 6.61 Å². The number of nitrogens with zero attached hydrogens (tertiary/aromatic N) is 1. The second-order valence-corrected chi connectivity index (χ2v) is 3.72. The van der Waals surface area contributed by atoms with Crippen LogP contribution < -0.4 is 4.74 Å². The number of aromatic nitrogens is 1. The monoisotopic (exact) mass is 243 g/mol. The van der Waals surface area contributed by atoms with Crippen LogP contribution in [0.25, 0.3) is 0 Å². The van der Waals surface area contributed by atoms with Crippen molar-refractivity contribution in [3.63, 3.8) is 0 Å². The smallest absolute Gasteiger partial charge is 0.337 e. The summed E-state index contributed by atoms with van der Waals surface area (Å²) in [6.07, 6.45) is 4.45. The number of unbranched alkanes of at least 4 members (excludes halogenated alkanes) is 2. The molecule has 0 unspecified atom stereocenters. The molecule has 0 atom stereocenters. The fourth-order valence-electron chi connectivity index (χ4n) is 1.21. The highest BCUT2D eigenvalue weighted by Gasteiger charge is 2.13. The van der Waals surface area contributed by atoms with Crippen LogP contribution in [0.2, 0.25) is 5.02 Å². The predicted octanol–water partition coefficient (Wildman–Crippen LogP) is 3.00. The molecule has 0 saturated heterocycles. The van der Waals surface area contributed by atoms with E-state index >= 15 is 0 Å². The Morgan fingerprint density at radius 3 is 2.94 bits per heavy atom. The molecule has 88 valence electrons. The van der Waals surface area contributed by atoms with Crippen molar-refractivity contribution in [2.75, 3.05) is 6.61 Å². The van der Waals surface area contributed by atoms with Crippen molar-refractivity contribution in [2.45, 2.75) is 26.2 Å². The van der Waals surface area contributed by atoms with Gasteiger partial charge in [0, 0.05) is 6.20 Å². The lowest BCUT2D eigenvalue weighted by Crippen LogP contribution is -2.03. The van der Waals surface area contributed by atoms with Gasteiger partial charge >= 0.3 is 5.97 Å². The van der Waals surface area contributed by atoms with Crippen LogP contribution in [-0.4, -0.2) is 22.7 Å². The average Bonchev–Trinajstić information content (AvgIpc) is 2.26. The Morgan fingerprint density at radius 1 is 1.56 bits per heavy atom.